The van der Waals surface area contributed by atoms with Gasteiger partial charge < -0.3 is 25.0 Å². The average molecular weight is 625 g/mol. The third-order valence-corrected chi connectivity index (χ3v) is 7.60. The number of piperazine rings is 1. The van der Waals surface area contributed by atoms with Crippen LogP contribution >= 0.6 is 0 Å². The van der Waals surface area contributed by atoms with Gasteiger partial charge in [0, 0.05) is 43.1 Å². The molecule has 1 saturated heterocycles. The maximum Gasteiger partial charge on any atom is 0.249 e. The smallest absolute Gasteiger partial charge is 0.249 e. The standard InChI is InChI=1S/C36H37FN4O5/c1-26(42)28-7-13-31(14-8-28)41-21-19-40(20-22-41)23-35(43)39-34(25-45-24-27-5-3-2-4-6-27)36(44)38-30-11-17-33(18-12-30)46-32-15-9-29(37)10-16-32/h2-18,34H,19-25H2,1H3,(H,38,44)(H,39,43)/t34-/m0/s1. The second kappa shape index (κ2) is 15.8. The third-order valence-electron chi connectivity index (χ3n) is 7.60. The van der Waals surface area contributed by atoms with Crippen molar-refractivity contribution in [1.29, 1.82) is 0 Å². The summed E-state index contributed by atoms with van der Waals surface area (Å²) in [6.45, 7) is 4.80. The van der Waals surface area contributed by atoms with Gasteiger partial charge in [0.25, 0.3) is 0 Å². The monoisotopic (exact) mass is 624 g/mol. The molecule has 0 aliphatic carbocycles. The summed E-state index contributed by atoms with van der Waals surface area (Å²) in [6, 6.07) is 28.7. The Morgan fingerprint density at radius 3 is 2.07 bits per heavy atom. The highest BCUT2D eigenvalue weighted by Gasteiger charge is 2.24. The Bertz CT molecular complexity index is 1590. The molecular formula is C36H37FN4O5. The quantitative estimate of drug-likeness (QED) is 0.195. The highest BCUT2D eigenvalue weighted by atomic mass is 19.1. The molecule has 0 unspecified atom stereocenters. The van der Waals surface area contributed by atoms with Crippen molar-refractivity contribution in [1.82, 2.24) is 10.2 Å². The van der Waals surface area contributed by atoms with Gasteiger partial charge in [0.1, 0.15) is 23.4 Å². The van der Waals surface area contributed by atoms with Crippen LogP contribution in [0.25, 0.3) is 0 Å². The lowest BCUT2D eigenvalue weighted by molar-refractivity contribution is -0.128. The van der Waals surface area contributed by atoms with Gasteiger partial charge in [0.05, 0.1) is 19.8 Å². The molecule has 238 valence electrons. The van der Waals surface area contributed by atoms with E-state index in [0.717, 1.165) is 24.3 Å². The molecule has 9 nitrogen and oxygen atoms in total. The van der Waals surface area contributed by atoms with E-state index in [4.69, 9.17) is 9.47 Å². The maximum atomic E-state index is 13.3. The van der Waals surface area contributed by atoms with Crippen molar-refractivity contribution in [3.63, 3.8) is 0 Å². The molecule has 0 radical (unpaired) electrons. The zero-order valence-electron chi connectivity index (χ0n) is 25.7. The summed E-state index contributed by atoms with van der Waals surface area (Å²) in [6.07, 6.45) is 0. The number of halogens is 1. The number of rotatable bonds is 13. The number of nitrogens with zero attached hydrogens (tertiary/aromatic N) is 2. The molecule has 46 heavy (non-hydrogen) atoms. The molecule has 1 aliphatic rings. The van der Waals surface area contributed by atoms with Crippen LogP contribution in [0.5, 0.6) is 11.5 Å². The fourth-order valence-corrected chi connectivity index (χ4v) is 5.04. The number of anilines is 2. The van der Waals surface area contributed by atoms with Crippen molar-refractivity contribution >= 4 is 29.0 Å². The zero-order valence-corrected chi connectivity index (χ0v) is 25.7. The molecule has 0 aromatic heterocycles. The number of benzene rings is 4. The van der Waals surface area contributed by atoms with E-state index in [-0.39, 0.29) is 30.7 Å². The molecule has 0 spiro atoms. The maximum absolute atomic E-state index is 13.3. The first kappa shape index (κ1) is 32.3. The Morgan fingerprint density at radius 2 is 1.43 bits per heavy atom. The van der Waals surface area contributed by atoms with Gasteiger partial charge in [-0.2, -0.15) is 0 Å². The summed E-state index contributed by atoms with van der Waals surface area (Å²) >= 11 is 0. The lowest BCUT2D eigenvalue weighted by Crippen LogP contribution is -2.53. The van der Waals surface area contributed by atoms with Crippen LogP contribution in [0.2, 0.25) is 0 Å². The summed E-state index contributed by atoms with van der Waals surface area (Å²) in [7, 11) is 0. The van der Waals surface area contributed by atoms with E-state index in [0.29, 0.717) is 42.4 Å². The van der Waals surface area contributed by atoms with E-state index in [9.17, 15) is 18.8 Å². The number of carbonyl (C=O) groups excluding carboxylic acids is 3. The number of hydrogen-bond donors (Lipinski definition) is 2. The fourth-order valence-electron chi connectivity index (χ4n) is 5.04. The molecule has 2 amide bonds. The Morgan fingerprint density at radius 1 is 0.804 bits per heavy atom. The van der Waals surface area contributed by atoms with E-state index >= 15 is 0 Å². The van der Waals surface area contributed by atoms with Gasteiger partial charge in [-0.15, -0.1) is 0 Å². The summed E-state index contributed by atoms with van der Waals surface area (Å²) in [5.74, 6) is 0.00970. The normalized spacial score (nSPS) is 13.9. The average Bonchev–Trinajstić information content (AvgIpc) is 3.07. The van der Waals surface area contributed by atoms with Crippen LogP contribution in [0.4, 0.5) is 15.8 Å². The number of carbonyl (C=O) groups is 3. The largest absolute Gasteiger partial charge is 0.457 e. The molecule has 0 saturated carbocycles. The first-order valence-corrected chi connectivity index (χ1v) is 15.2. The first-order valence-electron chi connectivity index (χ1n) is 15.2. The Hall–Kier alpha value is -5.06. The van der Waals surface area contributed by atoms with Crippen molar-refractivity contribution in [3.05, 3.63) is 120 Å². The van der Waals surface area contributed by atoms with Crippen molar-refractivity contribution < 1.29 is 28.2 Å². The zero-order chi connectivity index (χ0) is 32.3. The Labute approximate surface area is 267 Å². The molecular weight excluding hydrogens is 587 g/mol. The highest BCUT2D eigenvalue weighted by molar-refractivity contribution is 5.97. The summed E-state index contributed by atoms with van der Waals surface area (Å²) in [5, 5.41) is 5.71. The predicted octanol–water partition coefficient (Wildman–Crippen LogP) is 5.28. The van der Waals surface area contributed by atoms with Gasteiger partial charge in [-0.05, 0) is 85.3 Å². The lowest BCUT2D eigenvalue weighted by Gasteiger charge is -2.36. The van der Waals surface area contributed by atoms with Gasteiger partial charge in [-0.1, -0.05) is 30.3 Å². The molecule has 1 fully saturated rings. The molecule has 0 bridgehead atoms. The van der Waals surface area contributed by atoms with Crippen molar-refractivity contribution in [2.45, 2.75) is 19.6 Å². The number of ketones is 1. The van der Waals surface area contributed by atoms with E-state index in [1.54, 1.807) is 31.2 Å². The number of ether oxygens (including phenoxy) is 2. The summed E-state index contributed by atoms with van der Waals surface area (Å²) in [5.41, 5.74) is 3.19. The fraction of sp³-hybridized carbons (Fsp3) is 0.250. The van der Waals surface area contributed by atoms with E-state index in [1.807, 2.05) is 54.6 Å². The van der Waals surface area contributed by atoms with Crippen molar-refractivity contribution in [2.75, 3.05) is 49.5 Å². The predicted molar refractivity (Wildman–Crippen MR) is 175 cm³/mol. The number of amides is 2. The molecule has 4 aromatic carbocycles. The van der Waals surface area contributed by atoms with Crippen LogP contribution in [-0.4, -0.2) is 67.9 Å². The summed E-state index contributed by atoms with van der Waals surface area (Å²) in [4.78, 5) is 42.3. The van der Waals surface area contributed by atoms with Crippen LogP contribution in [0.1, 0.15) is 22.8 Å². The number of hydrogen-bond acceptors (Lipinski definition) is 7. The third kappa shape index (κ3) is 9.47. The van der Waals surface area contributed by atoms with Crippen molar-refractivity contribution in [3.8, 4) is 11.5 Å². The van der Waals surface area contributed by atoms with Crippen LogP contribution in [0.15, 0.2) is 103 Å². The Balaban J connectivity index is 1.15. The van der Waals surface area contributed by atoms with Crippen molar-refractivity contribution in [2.24, 2.45) is 0 Å². The van der Waals surface area contributed by atoms with Gasteiger partial charge in [-0.25, -0.2) is 4.39 Å². The first-order chi connectivity index (χ1) is 22.3. The molecule has 1 aliphatic heterocycles. The number of nitrogens with one attached hydrogen (secondary N) is 2. The molecule has 5 rings (SSSR count). The lowest BCUT2D eigenvalue weighted by atomic mass is 10.1. The van der Waals surface area contributed by atoms with Gasteiger partial charge in [0.2, 0.25) is 11.8 Å². The SMILES string of the molecule is CC(=O)c1ccc(N2CCN(CC(=O)N[C@@H](COCc3ccccc3)C(=O)Nc3ccc(Oc4ccc(F)cc4)cc3)CC2)cc1. The van der Waals surface area contributed by atoms with Gasteiger partial charge in [-0.3, -0.25) is 19.3 Å². The van der Waals surface area contributed by atoms with Gasteiger partial charge >= 0.3 is 0 Å². The minimum absolute atomic E-state index is 0.0116. The molecule has 1 heterocycles. The second-order valence-electron chi connectivity index (χ2n) is 11.1. The molecule has 4 aromatic rings. The minimum atomic E-state index is -0.924. The number of Topliss-reactive ketones (excluding diaryl/α,β-unsaturated/α-hetero) is 1. The minimum Gasteiger partial charge on any atom is -0.457 e. The topological polar surface area (TPSA) is 100 Å². The van der Waals surface area contributed by atoms with Gasteiger partial charge in [0.15, 0.2) is 5.78 Å². The Kier molecular flexibility index (Phi) is 11.1. The van der Waals surface area contributed by atoms with E-state index < -0.39 is 11.9 Å². The van der Waals surface area contributed by atoms with Crippen LogP contribution < -0.4 is 20.3 Å². The van der Waals surface area contributed by atoms with Crippen LogP contribution in [0.3, 0.4) is 0 Å². The van der Waals surface area contributed by atoms with E-state index in [1.165, 1.54) is 24.3 Å². The molecule has 10 heteroatoms. The highest BCUT2D eigenvalue weighted by Crippen LogP contribution is 2.23. The van der Waals surface area contributed by atoms with Crippen LogP contribution in [-0.2, 0) is 20.9 Å². The molecule has 1 atom stereocenters. The van der Waals surface area contributed by atoms with E-state index in [2.05, 4.69) is 20.4 Å². The molecule has 2 N–H and O–H groups in total. The van der Waals surface area contributed by atoms with Crippen LogP contribution in [0, 0.1) is 5.82 Å². The summed E-state index contributed by atoms with van der Waals surface area (Å²) < 4.78 is 24.8. The second-order valence-corrected chi connectivity index (χ2v) is 11.1.